The zero-order valence-electron chi connectivity index (χ0n) is 30.7. The van der Waals surface area contributed by atoms with Gasteiger partial charge in [0.15, 0.2) is 5.13 Å². The number of aliphatic carboxylic acids is 1. The zero-order valence-corrected chi connectivity index (χ0v) is 32.3. The standard InChI is InChI=1S/C35H42N6O6S2.C2HF3O2/c1-4-23-17-35(23,33(44)40-49(45,46)26-11-12-26)39-30(42)28-16-25-18-41(28)32(43)29(20(2)3)38-34-37-24(19-48-34)8-6-5-7-21-9-10-22-13-14-36-31(47-25)27(22)15-21;3-2(4,5)1(6)7/h4,9-10,13-15,19-20,23,25-26,28-29H,1,5-8,11-12,16-18H2,2-3H3,(H,37,38)(H,39,42)(H,40,44);(H,6,7)/t23-,25-,28+,29+,35-;/m1./s1. The molecule has 56 heavy (non-hydrogen) atoms. The number of rotatable bonds is 7. The van der Waals surface area contributed by atoms with Gasteiger partial charge in [-0.2, -0.15) is 13.2 Å². The Morgan fingerprint density at radius 2 is 1.89 bits per heavy atom. The Morgan fingerprint density at radius 1 is 1.18 bits per heavy atom. The molecule has 0 radical (unpaired) electrons. The molecule has 0 spiro atoms. The van der Waals surface area contributed by atoms with E-state index in [-0.39, 0.29) is 31.2 Å². The number of carbonyl (C=O) groups is 4. The summed E-state index contributed by atoms with van der Waals surface area (Å²) in [6.07, 6.45) is 2.59. The van der Waals surface area contributed by atoms with Crippen LogP contribution in [0.3, 0.4) is 0 Å². The van der Waals surface area contributed by atoms with Crippen molar-refractivity contribution in [2.45, 2.75) is 100 Å². The summed E-state index contributed by atoms with van der Waals surface area (Å²) in [5.41, 5.74) is 0.663. The van der Waals surface area contributed by atoms with Gasteiger partial charge in [0.2, 0.25) is 27.7 Å². The Kier molecular flexibility index (Phi) is 11.7. The number of anilines is 1. The number of aryl methyl sites for hydroxylation is 2. The molecule has 1 saturated heterocycles. The van der Waals surface area contributed by atoms with Gasteiger partial charge in [0.1, 0.15) is 23.7 Å². The van der Waals surface area contributed by atoms with Crippen molar-refractivity contribution in [2.75, 3.05) is 11.9 Å². The van der Waals surface area contributed by atoms with E-state index in [4.69, 9.17) is 19.6 Å². The smallest absolute Gasteiger partial charge is 0.475 e. The summed E-state index contributed by atoms with van der Waals surface area (Å²) >= 11 is 1.45. The maximum Gasteiger partial charge on any atom is 0.490 e. The van der Waals surface area contributed by atoms with E-state index in [1.165, 1.54) is 21.8 Å². The van der Waals surface area contributed by atoms with E-state index in [9.17, 15) is 36.0 Å². The Morgan fingerprint density at radius 3 is 2.54 bits per heavy atom. The molecule has 4 N–H and O–H groups in total. The molecule has 0 unspecified atom stereocenters. The van der Waals surface area contributed by atoms with Crippen molar-refractivity contribution >= 4 is 61.0 Å². The van der Waals surface area contributed by atoms with Crippen LogP contribution in [0.25, 0.3) is 10.8 Å². The summed E-state index contributed by atoms with van der Waals surface area (Å²) in [6, 6.07) is 6.53. The van der Waals surface area contributed by atoms with Crippen LogP contribution >= 0.6 is 11.3 Å². The van der Waals surface area contributed by atoms with Crippen LogP contribution in [-0.4, -0.2) is 93.8 Å². The molecule has 3 fully saturated rings. The Hall–Kier alpha value is -4.78. The number of pyridine rings is 1. The molecule has 4 aliphatic rings. The van der Waals surface area contributed by atoms with Crippen molar-refractivity contribution in [1.29, 1.82) is 0 Å². The molecule has 6 bridgehead atoms. The van der Waals surface area contributed by atoms with Gasteiger partial charge in [-0.25, -0.2) is 23.2 Å². The fraction of sp³-hybridized carbons (Fsp3) is 0.514. The van der Waals surface area contributed by atoms with E-state index in [0.717, 1.165) is 42.1 Å². The quantitative estimate of drug-likeness (QED) is 0.247. The predicted octanol–water partition coefficient (Wildman–Crippen LogP) is 4.36. The highest BCUT2D eigenvalue weighted by atomic mass is 32.2. The second kappa shape index (κ2) is 16.0. The van der Waals surface area contributed by atoms with Crippen LogP contribution in [0.15, 0.2) is 48.5 Å². The molecular formula is C37H43F3N6O8S2. The van der Waals surface area contributed by atoms with Gasteiger partial charge in [-0.3, -0.25) is 19.1 Å². The van der Waals surface area contributed by atoms with Crippen LogP contribution in [0, 0.1) is 11.8 Å². The van der Waals surface area contributed by atoms with Crippen LogP contribution in [0.4, 0.5) is 18.3 Å². The number of alkyl halides is 3. The van der Waals surface area contributed by atoms with Crippen molar-refractivity contribution in [2.24, 2.45) is 11.8 Å². The Bertz CT molecular complexity index is 2130. The number of hydrogen-bond donors (Lipinski definition) is 4. The molecule has 3 aromatic rings. The van der Waals surface area contributed by atoms with Crippen LogP contribution in [0.1, 0.15) is 63.6 Å². The minimum Gasteiger partial charge on any atom is -0.475 e. The first kappa shape index (κ1) is 40.9. The number of nitrogens with one attached hydrogen (secondary N) is 3. The number of carboxylic acid groups (broad SMARTS) is 1. The predicted molar refractivity (Wildman–Crippen MR) is 200 cm³/mol. The number of fused-ring (bicyclic) bond motifs is 5. The average molecular weight is 821 g/mol. The molecule has 302 valence electrons. The second-order valence-electron chi connectivity index (χ2n) is 14.9. The number of carbonyl (C=O) groups excluding carboxylic acids is 3. The molecule has 2 aliphatic heterocycles. The van der Waals surface area contributed by atoms with Crippen molar-refractivity contribution < 1.29 is 50.6 Å². The maximum atomic E-state index is 14.4. The Labute approximate surface area is 325 Å². The third-order valence-corrected chi connectivity index (χ3v) is 13.0. The number of amides is 3. The fourth-order valence-corrected chi connectivity index (χ4v) is 9.09. The number of benzene rings is 1. The lowest BCUT2D eigenvalue weighted by molar-refractivity contribution is -0.192. The van der Waals surface area contributed by atoms with Gasteiger partial charge >= 0.3 is 12.1 Å². The number of ether oxygens (including phenoxy) is 1. The number of sulfonamides is 1. The SMILES string of the molecule is C=C[C@@H]1C[C@]1(NC(=O)[C@@H]1C[C@@H]2CN1C(=O)[C@H](C(C)C)Nc1nc(cs1)CCCCc1ccc3ccnc(c3c1)O2)C(=O)NS(=O)(=O)C1CC1.O=C(O)C(F)(F)F. The van der Waals surface area contributed by atoms with Gasteiger partial charge in [0.25, 0.3) is 5.91 Å². The minimum atomic E-state index is -5.08. The lowest BCUT2D eigenvalue weighted by atomic mass is 10.0. The van der Waals surface area contributed by atoms with Crippen LogP contribution in [0.2, 0.25) is 0 Å². The average Bonchev–Trinajstić information content (AvgIpc) is 4.03. The molecule has 3 amide bonds. The van der Waals surface area contributed by atoms with E-state index >= 15 is 0 Å². The van der Waals surface area contributed by atoms with Crippen molar-refractivity contribution in [3.8, 4) is 5.88 Å². The van der Waals surface area contributed by atoms with Gasteiger partial charge in [-0.1, -0.05) is 32.1 Å². The molecule has 2 aliphatic carbocycles. The third kappa shape index (κ3) is 9.09. The van der Waals surface area contributed by atoms with Crippen molar-refractivity contribution in [3.05, 3.63) is 59.8 Å². The van der Waals surface area contributed by atoms with Crippen molar-refractivity contribution in [3.63, 3.8) is 0 Å². The number of thiazole rings is 1. The lowest BCUT2D eigenvalue weighted by Crippen LogP contribution is -2.58. The first-order chi connectivity index (χ1) is 26.4. The van der Waals surface area contributed by atoms with Crippen LogP contribution in [-0.2, 0) is 42.0 Å². The summed E-state index contributed by atoms with van der Waals surface area (Å²) in [7, 11) is -3.84. The zero-order chi connectivity index (χ0) is 40.6. The van der Waals surface area contributed by atoms with Crippen LogP contribution < -0.4 is 20.1 Å². The molecule has 14 nitrogen and oxygen atoms in total. The first-order valence-electron chi connectivity index (χ1n) is 18.3. The number of halogens is 3. The molecule has 2 saturated carbocycles. The molecule has 1 aromatic carbocycles. The highest BCUT2D eigenvalue weighted by molar-refractivity contribution is 7.91. The van der Waals surface area contributed by atoms with Crippen LogP contribution in [0.5, 0.6) is 5.88 Å². The molecule has 7 rings (SSSR count). The summed E-state index contributed by atoms with van der Waals surface area (Å²) < 4.78 is 65.8. The van der Waals surface area contributed by atoms with Gasteiger partial charge in [-0.15, -0.1) is 17.9 Å². The highest BCUT2D eigenvalue weighted by Crippen LogP contribution is 2.45. The summed E-state index contributed by atoms with van der Waals surface area (Å²) in [4.78, 5) is 61.8. The number of hydrogen-bond acceptors (Lipinski definition) is 11. The lowest BCUT2D eigenvalue weighted by Gasteiger charge is -2.31. The number of nitrogens with zero attached hydrogens (tertiary/aromatic N) is 3. The van der Waals surface area contributed by atoms with E-state index in [1.54, 1.807) is 12.3 Å². The van der Waals surface area contributed by atoms with E-state index < -0.39 is 68.9 Å². The van der Waals surface area contributed by atoms with Gasteiger partial charge in [0, 0.05) is 29.3 Å². The van der Waals surface area contributed by atoms with E-state index in [0.29, 0.717) is 23.9 Å². The summed E-state index contributed by atoms with van der Waals surface area (Å²) in [5, 5.41) is 17.2. The maximum absolute atomic E-state index is 14.4. The molecule has 5 atom stereocenters. The number of aromatic nitrogens is 2. The molecule has 19 heteroatoms. The summed E-state index contributed by atoms with van der Waals surface area (Å²) in [5.74, 6) is -4.56. The molecule has 4 heterocycles. The largest absolute Gasteiger partial charge is 0.490 e. The van der Waals surface area contributed by atoms with Gasteiger partial charge in [-0.05, 0) is 73.9 Å². The topological polar surface area (TPSA) is 197 Å². The van der Waals surface area contributed by atoms with Gasteiger partial charge < -0.3 is 25.4 Å². The van der Waals surface area contributed by atoms with E-state index in [2.05, 4.69) is 45.1 Å². The fourth-order valence-electron chi connectivity index (χ4n) is 6.94. The van der Waals surface area contributed by atoms with E-state index in [1.807, 2.05) is 25.3 Å². The highest BCUT2D eigenvalue weighted by Gasteiger charge is 2.62. The third-order valence-electron chi connectivity index (χ3n) is 10.3. The minimum absolute atomic E-state index is 0.114. The van der Waals surface area contributed by atoms with Crippen molar-refractivity contribution in [1.82, 2.24) is 24.9 Å². The summed E-state index contributed by atoms with van der Waals surface area (Å²) in [6.45, 7) is 7.78. The number of carboxylic acids is 1. The normalized spacial score (nSPS) is 25.2. The second-order valence-corrected chi connectivity index (χ2v) is 17.7. The Balaban J connectivity index is 0.000000695. The first-order valence-corrected chi connectivity index (χ1v) is 20.7. The monoisotopic (exact) mass is 820 g/mol. The molecule has 2 aromatic heterocycles. The van der Waals surface area contributed by atoms with Gasteiger partial charge in [0.05, 0.1) is 17.5 Å². The molecular weight excluding hydrogens is 778 g/mol.